The molecule has 112 valence electrons. The predicted molar refractivity (Wildman–Crippen MR) is 79.9 cm³/mol. The van der Waals surface area contributed by atoms with Crippen LogP contribution in [-0.2, 0) is 6.18 Å². The van der Waals surface area contributed by atoms with Gasteiger partial charge in [0, 0.05) is 17.3 Å². The van der Waals surface area contributed by atoms with Crippen LogP contribution in [0.15, 0.2) is 18.2 Å². The molecular weight excluding hydrogens is 285 g/mol. The topological polar surface area (TPSA) is 38.0 Å². The SMILES string of the molecule is CCCC(CC)Nc1ccc(C(F)(F)F)c(C(N)=S)c1. The van der Waals surface area contributed by atoms with Crippen molar-refractivity contribution in [2.75, 3.05) is 5.32 Å². The van der Waals surface area contributed by atoms with Crippen molar-refractivity contribution in [2.24, 2.45) is 5.73 Å². The molecule has 0 aliphatic carbocycles. The Labute approximate surface area is 122 Å². The minimum Gasteiger partial charge on any atom is -0.389 e. The zero-order valence-corrected chi connectivity index (χ0v) is 12.4. The van der Waals surface area contributed by atoms with Crippen molar-refractivity contribution in [3.63, 3.8) is 0 Å². The van der Waals surface area contributed by atoms with Crippen LogP contribution in [0.2, 0.25) is 0 Å². The third-order valence-electron chi connectivity index (χ3n) is 3.09. The lowest BCUT2D eigenvalue weighted by Gasteiger charge is -2.19. The molecule has 1 aromatic carbocycles. The Bertz CT molecular complexity index is 472. The highest BCUT2D eigenvalue weighted by Gasteiger charge is 2.34. The monoisotopic (exact) mass is 304 g/mol. The lowest BCUT2D eigenvalue weighted by Crippen LogP contribution is -2.21. The molecule has 3 N–H and O–H groups in total. The second-order valence-electron chi connectivity index (χ2n) is 4.66. The van der Waals surface area contributed by atoms with Crippen molar-refractivity contribution in [3.8, 4) is 0 Å². The van der Waals surface area contributed by atoms with E-state index in [4.69, 9.17) is 18.0 Å². The zero-order chi connectivity index (χ0) is 15.3. The third-order valence-corrected chi connectivity index (χ3v) is 3.31. The molecule has 6 heteroatoms. The van der Waals surface area contributed by atoms with E-state index in [1.807, 2.05) is 6.92 Å². The second-order valence-corrected chi connectivity index (χ2v) is 5.10. The van der Waals surface area contributed by atoms with Crippen LogP contribution in [0.1, 0.15) is 44.2 Å². The van der Waals surface area contributed by atoms with Gasteiger partial charge in [0.25, 0.3) is 0 Å². The van der Waals surface area contributed by atoms with Gasteiger partial charge in [-0.25, -0.2) is 0 Å². The van der Waals surface area contributed by atoms with Crippen LogP contribution in [0.4, 0.5) is 18.9 Å². The molecule has 1 unspecified atom stereocenters. The van der Waals surface area contributed by atoms with Gasteiger partial charge in [-0.3, -0.25) is 0 Å². The number of rotatable bonds is 6. The number of anilines is 1. The van der Waals surface area contributed by atoms with Crippen LogP contribution in [-0.4, -0.2) is 11.0 Å². The van der Waals surface area contributed by atoms with E-state index in [9.17, 15) is 13.2 Å². The highest BCUT2D eigenvalue weighted by Crippen LogP contribution is 2.33. The van der Waals surface area contributed by atoms with Gasteiger partial charge in [-0.15, -0.1) is 0 Å². The highest BCUT2D eigenvalue weighted by molar-refractivity contribution is 7.80. The summed E-state index contributed by atoms with van der Waals surface area (Å²) in [5.41, 5.74) is 5.09. The van der Waals surface area contributed by atoms with Gasteiger partial charge in [0.2, 0.25) is 0 Å². The first kappa shape index (κ1) is 16.8. The van der Waals surface area contributed by atoms with Gasteiger partial charge in [-0.2, -0.15) is 13.2 Å². The van der Waals surface area contributed by atoms with Crippen LogP contribution in [0.5, 0.6) is 0 Å². The molecule has 1 aromatic rings. The maximum atomic E-state index is 12.9. The summed E-state index contributed by atoms with van der Waals surface area (Å²) in [5.74, 6) is 0. The van der Waals surface area contributed by atoms with E-state index in [-0.39, 0.29) is 16.6 Å². The van der Waals surface area contributed by atoms with Crippen LogP contribution < -0.4 is 11.1 Å². The molecule has 0 aromatic heterocycles. The van der Waals surface area contributed by atoms with Gasteiger partial charge in [0.1, 0.15) is 4.99 Å². The second kappa shape index (κ2) is 6.92. The molecule has 0 fully saturated rings. The molecule has 0 saturated carbocycles. The van der Waals surface area contributed by atoms with Crippen molar-refractivity contribution in [1.82, 2.24) is 0 Å². The van der Waals surface area contributed by atoms with E-state index in [2.05, 4.69) is 12.2 Å². The van der Waals surface area contributed by atoms with Gasteiger partial charge >= 0.3 is 6.18 Å². The van der Waals surface area contributed by atoms with Crippen molar-refractivity contribution in [1.29, 1.82) is 0 Å². The summed E-state index contributed by atoms with van der Waals surface area (Å²) in [6.07, 6.45) is -1.59. The van der Waals surface area contributed by atoms with Crippen LogP contribution >= 0.6 is 12.2 Å². The summed E-state index contributed by atoms with van der Waals surface area (Å²) in [6.45, 7) is 4.10. The van der Waals surface area contributed by atoms with Gasteiger partial charge < -0.3 is 11.1 Å². The Hall–Kier alpha value is -1.30. The lowest BCUT2D eigenvalue weighted by atomic mass is 10.0. The minimum atomic E-state index is -4.45. The summed E-state index contributed by atoms with van der Waals surface area (Å²) in [5, 5.41) is 3.22. The Morgan fingerprint density at radius 3 is 2.45 bits per heavy atom. The van der Waals surface area contributed by atoms with E-state index in [0.29, 0.717) is 5.69 Å². The standard InChI is InChI=1S/C14H19F3N2S/c1-3-5-9(4-2)19-10-6-7-12(14(15,16)17)11(8-10)13(18)20/h6-9,19H,3-5H2,1-2H3,(H2,18,20). The smallest absolute Gasteiger partial charge is 0.389 e. The fraction of sp³-hybridized carbons (Fsp3) is 0.500. The van der Waals surface area contributed by atoms with Crippen LogP contribution in [0.3, 0.4) is 0 Å². The van der Waals surface area contributed by atoms with Gasteiger partial charge in [0.05, 0.1) is 5.56 Å². The van der Waals surface area contributed by atoms with E-state index in [1.165, 1.54) is 12.1 Å². The Kier molecular flexibility index (Phi) is 5.80. The Morgan fingerprint density at radius 2 is 2.00 bits per heavy atom. The predicted octanol–water partition coefficient (Wildman–Crippen LogP) is 4.33. The molecule has 20 heavy (non-hydrogen) atoms. The summed E-state index contributed by atoms with van der Waals surface area (Å²) >= 11 is 4.72. The van der Waals surface area contributed by atoms with Crippen molar-refractivity contribution in [3.05, 3.63) is 29.3 Å². The van der Waals surface area contributed by atoms with Crippen molar-refractivity contribution in [2.45, 2.75) is 45.3 Å². The molecule has 0 heterocycles. The molecule has 0 aliphatic rings. The average molecular weight is 304 g/mol. The zero-order valence-electron chi connectivity index (χ0n) is 11.6. The minimum absolute atomic E-state index is 0.135. The fourth-order valence-electron chi connectivity index (χ4n) is 2.05. The lowest BCUT2D eigenvalue weighted by molar-refractivity contribution is -0.137. The molecule has 0 aliphatic heterocycles. The largest absolute Gasteiger partial charge is 0.417 e. The normalized spacial score (nSPS) is 13.1. The maximum absolute atomic E-state index is 12.9. The quantitative estimate of drug-likeness (QED) is 0.768. The number of nitrogens with two attached hydrogens (primary N) is 1. The first-order chi connectivity index (χ1) is 9.29. The summed E-state index contributed by atoms with van der Waals surface area (Å²) < 4.78 is 38.6. The molecule has 0 radical (unpaired) electrons. The highest BCUT2D eigenvalue weighted by atomic mass is 32.1. The first-order valence-corrected chi connectivity index (χ1v) is 6.98. The summed E-state index contributed by atoms with van der Waals surface area (Å²) in [4.78, 5) is -0.246. The molecule has 0 amide bonds. The number of nitrogens with one attached hydrogen (secondary N) is 1. The van der Waals surface area contributed by atoms with Crippen molar-refractivity contribution >= 4 is 22.9 Å². The molecule has 0 bridgehead atoms. The van der Waals surface area contributed by atoms with E-state index >= 15 is 0 Å². The van der Waals surface area contributed by atoms with Crippen LogP contribution in [0, 0.1) is 0 Å². The van der Waals surface area contributed by atoms with E-state index in [0.717, 1.165) is 25.3 Å². The van der Waals surface area contributed by atoms with Crippen LogP contribution in [0.25, 0.3) is 0 Å². The molecular formula is C14H19F3N2S. The number of hydrogen-bond acceptors (Lipinski definition) is 2. The maximum Gasteiger partial charge on any atom is 0.417 e. The van der Waals surface area contributed by atoms with Gasteiger partial charge in [0.15, 0.2) is 0 Å². The number of benzene rings is 1. The molecule has 1 rings (SSSR count). The molecule has 0 spiro atoms. The van der Waals surface area contributed by atoms with E-state index < -0.39 is 11.7 Å². The number of hydrogen-bond donors (Lipinski definition) is 2. The van der Waals surface area contributed by atoms with Gasteiger partial charge in [-0.1, -0.05) is 32.5 Å². The Morgan fingerprint density at radius 1 is 1.35 bits per heavy atom. The molecule has 2 nitrogen and oxygen atoms in total. The average Bonchev–Trinajstić information content (AvgIpc) is 2.36. The summed E-state index contributed by atoms with van der Waals surface area (Å²) in [7, 11) is 0. The number of thiocarbonyl (C=S) groups is 1. The number of halogens is 3. The van der Waals surface area contributed by atoms with E-state index in [1.54, 1.807) is 0 Å². The Balaban J connectivity index is 3.08. The first-order valence-electron chi connectivity index (χ1n) is 6.57. The molecule has 1 atom stereocenters. The fourth-order valence-corrected chi connectivity index (χ4v) is 2.22. The van der Waals surface area contributed by atoms with Crippen molar-refractivity contribution < 1.29 is 13.2 Å². The van der Waals surface area contributed by atoms with Gasteiger partial charge in [-0.05, 0) is 31.0 Å². The summed E-state index contributed by atoms with van der Waals surface area (Å²) in [6, 6.07) is 4.05. The molecule has 0 saturated heterocycles. The third kappa shape index (κ3) is 4.37. The number of alkyl halides is 3.